The average Bonchev–Trinajstić information content (AvgIpc) is 2.62. The van der Waals surface area contributed by atoms with Crippen LogP contribution in [0, 0.1) is 5.92 Å². The van der Waals surface area contributed by atoms with Crippen molar-refractivity contribution in [3.63, 3.8) is 0 Å². The minimum absolute atomic E-state index is 0. The van der Waals surface area contributed by atoms with Crippen LogP contribution in [0.1, 0.15) is 117 Å². The first-order chi connectivity index (χ1) is 13.0. The van der Waals surface area contributed by atoms with Gasteiger partial charge in [-0.1, -0.05) is 109 Å². The van der Waals surface area contributed by atoms with Crippen molar-refractivity contribution in [1.29, 1.82) is 0 Å². The molecule has 28 heavy (non-hydrogen) atoms. The van der Waals surface area contributed by atoms with Gasteiger partial charge in [0.15, 0.2) is 0 Å². The van der Waals surface area contributed by atoms with Gasteiger partial charge in [0.25, 0.3) is 0 Å². The summed E-state index contributed by atoms with van der Waals surface area (Å²) in [5, 5.41) is 0. The summed E-state index contributed by atoms with van der Waals surface area (Å²) >= 11 is 0. The average molecular weight is 427 g/mol. The fourth-order valence-electron chi connectivity index (χ4n) is 3.28. The Morgan fingerprint density at radius 2 is 1.25 bits per heavy atom. The summed E-state index contributed by atoms with van der Waals surface area (Å²) in [7, 11) is -4.60. The van der Waals surface area contributed by atoms with E-state index >= 15 is 0 Å². The van der Waals surface area contributed by atoms with E-state index in [-0.39, 0.29) is 42.1 Å². The molecule has 0 fully saturated rings. The van der Waals surface area contributed by atoms with Gasteiger partial charge >= 0.3 is 29.6 Å². The number of hydrogen-bond donors (Lipinski definition) is 0. The number of rotatable bonds is 20. The molecule has 6 heteroatoms. The van der Waals surface area contributed by atoms with E-state index in [1.165, 1.54) is 77.0 Å². The molecule has 0 heterocycles. The molecule has 0 aromatic rings. The molecular formula is C22H43NaO4S. The second-order valence-corrected chi connectivity index (χ2v) is 8.75. The predicted octanol–water partition coefficient (Wildman–Crippen LogP) is 3.92. The first-order valence-electron chi connectivity index (χ1n) is 11.3. The molecule has 1 atom stereocenters. The van der Waals surface area contributed by atoms with Gasteiger partial charge in [-0.3, -0.25) is 4.18 Å². The van der Waals surface area contributed by atoms with E-state index in [1.54, 1.807) is 0 Å². The van der Waals surface area contributed by atoms with E-state index in [0.29, 0.717) is 0 Å². The second kappa shape index (κ2) is 22.3. The molecular weight excluding hydrogens is 383 g/mol. The van der Waals surface area contributed by atoms with Gasteiger partial charge in [0.1, 0.15) is 0 Å². The van der Waals surface area contributed by atoms with Gasteiger partial charge in [-0.05, 0) is 19.3 Å². The molecule has 0 spiro atoms. The topological polar surface area (TPSA) is 66.4 Å². The van der Waals surface area contributed by atoms with Crippen molar-refractivity contribution < 1.29 is 46.7 Å². The van der Waals surface area contributed by atoms with Gasteiger partial charge in [-0.25, -0.2) is 8.42 Å². The number of unbranched alkanes of at least 4 members (excludes halogenated alkanes) is 13. The Balaban J connectivity index is 0. The SMILES string of the molecule is CCCCCCCC/C=C/C(CCCCCCCCCC)COS(=O)(=O)[O-].[Na+]. The van der Waals surface area contributed by atoms with Crippen molar-refractivity contribution in [2.75, 3.05) is 6.61 Å². The quantitative estimate of drug-likeness (QED) is 0.0973. The zero-order valence-corrected chi connectivity index (χ0v) is 21.6. The molecule has 0 aliphatic carbocycles. The van der Waals surface area contributed by atoms with Gasteiger partial charge in [0, 0.05) is 5.92 Å². The summed E-state index contributed by atoms with van der Waals surface area (Å²) in [5.41, 5.74) is 0. The normalized spacial score (nSPS) is 13.0. The largest absolute Gasteiger partial charge is 1.00 e. The van der Waals surface area contributed by atoms with E-state index in [4.69, 9.17) is 0 Å². The summed E-state index contributed by atoms with van der Waals surface area (Å²) in [4.78, 5) is 0. The molecule has 0 saturated carbocycles. The zero-order valence-electron chi connectivity index (χ0n) is 18.8. The Kier molecular flexibility index (Phi) is 24.5. The molecule has 4 nitrogen and oxygen atoms in total. The van der Waals surface area contributed by atoms with Gasteiger partial charge in [-0.15, -0.1) is 0 Å². The maximum absolute atomic E-state index is 10.7. The first kappa shape index (κ1) is 30.8. The van der Waals surface area contributed by atoms with Crippen LogP contribution >= 0.6 is 0 Å². The van der Waals surface area contributed by atoms with E-state index < -0.39 is 10.4 Å². The third-order valence-corrected chi connectivity index (χ3v) is 5.41. The standard InChI is InChI=1S/C22H44O4S.Na/c1-3-5-7-9-11-13-15-17-19-22(21-26-27(23,24)25)20-18-16-14-12-10-8-6-4-2;/h17,19,22H,3-16,18,20-21H2,1-2H3,(H,23,24,25);/q;+1/p-1/b19-17+;. The fourth-order valence-corrected chi connectivity index (χ4v) is 3.62. The third kappa shape index (κ3) is 24.6. The summed E-state index contributed by atoms with van der Waals surface area (Å²) in [5.74, 6) is 0.0221. The van der Waals surface area contributed by atoms with Crippen molar-refractivity contribution in [2.24, 2.45) is 5.92 Å². The van der Waals surface area contributed by atoms with Gasteiger partial charge in [0.05, 0.1) is 6.61 Å². The minimum Gasteiger partial charge on any atom is -0.726 e. The van der Waals surface area contributed by atoms with Crippen LogP contribution in [0.5, 0.6) is 0 Å². The summed E-state index contributed by atoms with van der Waals surface area (Å²) in [6.45, 7) is 4.43. The van der Waals surface area contributed by atoms with Crippen LogP contribution < -0.4 is 29.6 Å². The van der Waals surface area contributed by atoms with Crippen LogP contribution in [-0.4, -0.2) is 19.6 Å². The van der Waals surface area contributed by atoms with Gasteiger partial charge in [0.2, 0.25) is 10.4 Å². The Morgan fingerprint density at radius 1 is 0.786 bits per heavy atom. The molecule has 1 unspecified atom stereocenters. The molecule has 0 aliphatic heterocycles. The Bertz CT molecular complexity index is 438. The molecule has 0 aromatic carbocycles. The van der Waals surface area contributed by atoms with E-state index in [2.05, 4.69) is 30.2 Å². The molecule has 0 bridgehead atoms. The zero-order chi connectivity index (χ0) is 20.2. The maximum Gasteiger partial charge on any atom is 1.00 e. The molecule has 0 amide bonds. The van der Waals surface area contributed by atoms with Crippen LogP contribution in [-0.2, 0) is 14.6 Å². The van der Waals surface area contributed by atoms with Crippen molar-refractivity contribution in [2.45, 2.75) is 117 Å². The molecule has 0 radical (unpaired) electrons. The maximum atomic E-state index is 10.7. The van der Waals surface area contributed by atoms with Crippen molar-refractivity contribution in [3.05, 3.63) is 12.2 Å². The van der Waals surface area contributed by atoms with Gasteiger partial charge in [-0.2, -0.15) is 0 Å². The third-order valence-electron chi connectivity index (χ3n) is 4.99. The Hall–Kier alpha value is 0.610. The van der Waals surface area contributed by atoms with Crippen molar-refractivity contribution in [1.82, 2.24) is 0 Å². The second-order valence-electron chi connectivity index (χ2n) is 7.70. The monoisotopic (exact) mass is 426 g/mol. The van der Waals surface area contributed by atoms with Crippen LogP contribution in [0.4, 0.5) is 0 Å². The van der Waals surface area contributed by atoms with Crippen LogP contribution in [0.15, 0.2) is 12.2 Å². The fraction of sp³-hybridized carbons (Fsp3) is 0.909. The molecule has 0 rings (SSSR count). The molecule has 0 saturated heterocycles. The van der Waals surface area contributed by atoms with E-state index in [9.17, 15) is 13.0 Å². The predicted molar refractivity (Wildman–Crippen MR) is 113 cm³/mol. The smallest absolute Gasteiger partial charge is 0.726 e. The summed E-state index contributed by atoms with van der Waals surface area (Å²) in [6.07, 6.45) is 23.7. The minimum atomic E-state index is -4.60. The number of hydrogen-bond acceptors (Lipinski definition) is 4. The van der Waals surface area contributed by atoms with Crippen molar-refractivity contribution >= 4 is 10.4 Å². The summed E-state index contributed by atoms with van der Waals surface area (Å²) < 4.78 is 36.7. The molecule has 0 aromatic heterocycles. The Labute approximate surface area is 197 Å². The molecule has 162 valence electrons. The van der Waals surface area contributed by atoms with Gasteiger partial charge < -0.3 is 4.55 Å². The molecule has 0 N–H and O–H groups in total. The summed E-state index contributed by atoms with van der Waals surface area (Å²) in [6, 6.07) is 0. The van der Waals surface area contributed by atoms with E-state index in [0.717, 1.165) is 25.7 Å². The molecule has 0 aliphatic rings. The van der Waals surface area contributed by atoms with Crippen molar-refractivity contribution in [3.8, 4) is 0 Å². The van der Waals surface area contributed by atoms with E-state index in [1.807, 2.05) is 0 Å². The van der Waals surface area contributed by atoms with Crippen LogP contribution in [0.2, 0.25) is 0 Å². The van der Waals surface area contributed by atoms with Crippen LogP contribution in [0.3, 0.4) is 0 Å². The Morgan fingerprint density at radius 3 is 1.75 bits per heavy atom. The number of allylic oxidation sites excluding steroid dienone is 1. The van der Waals surface area contributed by atoms with Crippen LogP contribution in [0.25, 0.3) is 0 Å². The first-order valence-corrected chi connectivity index (χ1v) is 12.6.